The summed E-state index contributed by atoms with van der Waals surface area (Å²) in [4.78, 5) is 26.1. The van der Waals surface area contributed by atoms with Crippen molar-refractivity contribution in [3.05, 3.63) is 0 Å². The summed E-state index contributed by atoms with van der Waals surface area (Å²) in [7, 11) is -0.886. The van der Waals surface area contributed by atoms with Crippen molar-refractivity contribution in [2.75, 3.05) is 19.3 Å². The van der Waals surface area contributed by atoms with Crippen molar-refractivity contribution in [1.82, 2.24) is 10.2 Å². The van der Waals surface area contributed by atoms with Gasteiger partial charge in [0.2, 0.25) is 11.8 Å². The zero-order valence-corrected chi connectivity index (χ0v) is 13.8. The number of hydrogen-bond acceptors (Lipinski definition) is 3. The molecular weight excluding hydrogens is 288 g/mol. The van der Waals surface area contributed by atoms with Crippen molar-refractivity contribution < 1.29 is 13.8 Å². The summed E-state index contributed by atoms with van der Waals surface area (Å²) in [5.74, 6) is 0.279. The molecule has 3 atom stereocenters. The van der Waals surface area contributed by atoms with E-state index >= 15 is 0 Å². The second-order valence-corrected chi connectivity index (χ2v) is 8.10. The maximum absolute atomic E-state index is 12.6. The van der Waals surface area contributed by atoms with Crippen LogP contribution < -0.4 is 5.32 Å². The molecule has 2 rings (SSSR count). The van der Waals surface area contributed by atoms with E-state index in [2.05, 4.69) is 5.32 Å². The van der Waals surface area contributed by atoms with Crippen LogP contribution in [0, 0.1) is 5.92 Å². The third kappa shape index (κ3) is 4.28. The van der Waals surface area contributed by atoms with Crippen LogP contribution in [0.3, 0.4) is 0 Å². The molecule has 0 bridgehead atoms. The Hall–Kier alpha value is -0.910. The number of hydrogen-bond donors (Lipinski definition) is 1. The summed E-state index contributed by atoms with van der Waals surface area (Å²) in [6.07, 6.45) is 7.95. The van der Waals surface area contributed by atoms with Gasteiger partial charge in [-0.15, -0.1) is 0 Å². The van der Waals surface area contributed by atoms with Crippen molar-refractivity contribution in [3.8, 4) is 0 Å². The number of rotatable bonds is 5. The van der Waals surface area contributed by atoms with Crippen LogP contribution in [-0.2, 0) is 20.4 Å². The molecular formula is C15H26N2O3S. The van der Waals surface area contributed by atoms with E-state index in [0.717, 1.165) is 25.7 Å². The molecule has 1 aliphatic carbocycles. The number of carbonyl (C=O) groups is 2. The van der Waals surface area contributed by atoms with Gasteiger partial charge in [-0.1, -0.05) is 26.2 Å². The molecule has 2 fully saturated rings. The van der Waals surface area contributed by atoms with Gasteiger partial charge in [-0.05, 0) is 25.2 Å². The Balaban J connectivity index is 1.96. The second kappa shape index (κ2) is 7.38. The molecule has 3 unspecified atom stereocenters. The topological polar surface area (TPSA) is 66.5 Å². The Morgan fingerprint density at radius 3 is 2.57 bits per heavy atom. The summed E-state index contributed by atoms with van der Waals surface area (Å²) in [5.41, 5.74) is 0. The highest BCUT2D eigenvalue weighted by atomic mass is 32.2. The van der Waals surface area contributed by atoms with Gasteiger partial charge in [0.15, 0.2) is 0 Å². The minimum atomic E-state index is -0.886. The second-order valence-electron chi connectivity index (χ2n) is 6.30. The highest BCUT2D eigenvalue weighted by Crippen LogP contribution is 2.28. The third-order valence-electron chi connectivity index (χ3n) is 4.72. The maximum Gasteiger partial charge on any atom is 0.245 e. The average Bonchev–Trinajstić information content (AvgIpc) is 2.48. The van der Waals surface area contributed by atoms with E-state index in [4.69, 9.17) is 0 Å². The zero-order chi connectivity index (χ0) is 15.4. The van der Waals surface area contributed by atoms with Gasteiger partial charge in [-0.25, -0.2) is 0 Å². The minimum absolute atomic E-state index is 0.0515. The fraction of sp³-hybridized carbons (Fsp3) is 0.867. The number of nitrogens with one attached hydrogen (secondary N) is 1. The molecule has 0 aromatic heterocycles. The Kier molecular flexibility index (Phi) is 5.79. The van der Waals surface area contributed by atoms with Crippen LogP contribution in [0.25, 0.3) is 0 Å². The molecule has 1 N–H and O–H groups in total. The molecule has 1 saturated heterocycles. The van der Waals surface area contributed by atoms with E-state index in [1.807, 2.05) is 6.92 Å². The van der Waals surface area contributed by atoms with Gasteiger partial charge in [-0.2, -0.15) is 0 Å². The molecule has 2 amide bonds. The van der Waals surface area contributed by atoms with Crippen LogP contribution in [-0.4, -0.2) is 51.6 Å². The van der Waals surface area contributed by atoms with E-state index in [0.29, 0.717) is 13.0 Å². The maximum atomic E-state index is 12.6. The first-order chi connectivity index (χ1) is 9.99. The number of amides is 2. The Bertz CT molecular complexity index is 421. The lowest BCUT2D eigenvalue weighted by atomic mass is 9.82. The van der Waals surface area contributed by atoms with Gasteiger partial charge in [-0.3, -0.25) is 13.8 Å². The molecule has 0 aromatic rings. The van der Waals surface area contributed by atoms with Gasteiger partial charge < -0.3 is 10.2 Å². The van der Waals surface area contributed by atoms with E-state index in [1.165, 1.54) is 6.42 Å². The van der Waals surface area contributed by atoms with Crippen molar-refractivity contribution in [2.45, 2.75) is 56.7 Å². The molecule has 1 saturated carbocycles. The summed E-state index contributed by atoms with van der Waals surface area (Å²) in [5, 5.41) is 2.94. The molecule has 1 aliphatic heterocycles. The third-order valence-corrected chi connectivity index (χ3v) is 6.09. The quantitative estimate of drug-likeness (QED) is 0.825. The van der Waals surface area contributed by atoms with E-state index in [-0.39, 0.29) is 35.6 Å². The summed E-state index contributed by atoms with van der Waals surface area (Å²) in [6.45, 7) is 2.59. The molecule has 0 spiro atoms. The van der Waals surface area contributed by atoms with Gasteiger partial charge in [0, 0.05) is 28.9 Å². The predicted octanol–water partition coefficient (Wildman–Crippen LogP) is 1.05. The van der Waals surface area contributed by atoms with Gasteiger partial charge in [0.25, 0.3) is 0 Å². The van der Waals surface area contributed by atoms with Crippen LogP contribution >= 0.6 is 0 Å². The molecule has 0 radical (unpaired) electrons. The van der Waals surface area contributed by atoms with Gasteiger partial charge in [0.1, 0.15) is 6.04 Å². The summed E-state index contributed by atoms with van der Waals surface area (Å²) < 4.78 is 11.4. The largest absolute Gasteiger partial charge is 0.342 e. The van der Waals surface area contributed by atoms with Crippen LogP contribution in [0.1, 0.15) is 45.4 Å². The van der Waals surface area contributed by atoms with Gasteiger partial charge in [0.05, 0.1) is 6.54 Å². The van der Waals surface area contributed by atoms with Crippen LogP contribution in [0.2, 0.25) is 0 Å². The van der Waals surface area contributed by atoms with Gasteiger partial charge >= 0.3 is 0 Å². The van der Waals surface area contributed by atoms with Crippen molar-refractivity contribution in [3.63, 3.8) is 0 Å². The Morgan fingerprint density at radius 1 is 1.29 bits per heavy atom. The molecule has 0 aromatic carbocycles. The summed E-state index contributed by atoms with van der Waals surface area (Å²) >= 11 is 0. The van der Waals surface area contributed by atoms with E-state index in [1.54, 1.807) is 11.2 Å². The smallest absolute Gasteiger partial charge is 0.245 e. The first-order valence-electron chi connectivity index (χ1n) is 7.89. The van der Waals surface area contributed by atoms with Crippen LogP contribution in [0.4, 0.5) is 0 Å². The summed E-state index contributed by atoms with van der Waals surface area (Å²) in [6, 6.07) is -0.339. The Morgan fingerprint density at radius 2 is 1.95 bits per heavy atom. The van der Waals surface area contributed by atoms with Crippen LogP contribution in [0.5, 0.6) is 0 Å². The molecule has 2 aliphatic rings. The SMILES string of the molecule is CC(CCN1CC(=O)NC(C2CCCCC2)C1=O)S(C)=O. The number of carbonyl (C=O) groups excluding carboxylic acids is 2. The van der Waals surface area contributed by atoms with Crippen molar-refractivity contribution >= 4 is 22.6 Å². The van der Waals surface area contributed by atoms with E-state index < -0.39 is 10.8 Å². The highest BCUT2D eigenvalue weighted by Gasteiger charge is 2.38. The molecule has 120 valence electrons. The van der Waals surface area contributed by atoms with E-state index in [9.17, 15) is 13.8 Å². The lowest BCUT2D eigenvalue weighted by Crippen LogP contribution is -2.60. The van der Waals surface area contributed by atoms with Crippen molar-refractivity contribution in [2.24, 2.45) is 5.92 Å². The monoisotopic (exact) mass is 314 g/mol. The first-order valence-corrected chi connectivity index (χ1v) is 9.51. The molecule has 1 heterocycles. The number of piperazine rings is 1. The van der Waals surface area contributed by atoms with Crippen LogP contribution in [0.15, 0.2) is 0 Å². The highest BCUT2D eigenvalue weighted by molar-refractivity contribution is 7.84. The molecule has 21 heavy (non-hydrogen) atoms. The fourth-order valence-electron chi connectivity index (χ4n) is 3.21. The zero-order valence-electron chi connectivity index (χ0n) is 13.0. The Labute approximate surface area is 129 Å². The standard InChI is InChI=1S/C15H26N2O3S/c1-11(21(2)20)8-9-17-10-13(18)16-14(15(17)19)12-6-4-3-5-7-12/h11-12,14H,3-10H2,1-2H3,(H,16,18). The first kappa shape index (κ1) is 16.5. The predicted molar refractivity (Wildman–Crippen MR) is 83.2 cm³/mol. The lowest BCUT2D eigenvalue weighted by Gasteiger charge is -2.38. The average molecular weight is 314 g/mol. The normalized spacial score (nSPS) is 27.3. The number of nitrogens with zero attached hydrogens (tertiary/aromatic N) is 1. The fourth-order valence-corrected chi connectivity index (χ4v) is 3.65. The minimum Gasteiger partial charge on any atom is -0.342 e. The molecule has 5 nitrogen and oxygen atoms in total. The molecule has 6 heteroatoms. The van der Waals surface area contributed by atoms with Crippen molar-refractivity contribution in [1.29, 1.82) is 0 Å². The lowest BCUT2D eigenvalue weighted by molar-refractivity contribution is -0.146.